The molecule has 1 aromatic heterocycles. The van der Waals surface area contributed by atoms with Gasteiger partial charge in [0, 0.05) is 20.2 Å². The summed E-state index contributed by atoms with van der Waals surface area (Å²) in [5, 5.41) is 8.69. The van der Waals surface area contributed by atoms with Crippen LogP contribution in [0.2, 0.25) is 0 Å². The van der Waals surface area contributed by atoms with E-state index in [-0.39, 0.29) is 23.1 Å². The molecule has 1 heterocycles. The highest BCUT2D eigenvalue weighted by molar-refractivity contribution is 7.91. The zero-order valence-electron chi connectivity index (χ0n) is 9.99. The van der Waals surface area contributed by atoms with Gasteiger partial charge in [0.2, 0.25) is 0 Å². The average molecular weight is 294 g/mol. The van der Waals surface area contributed by atoms with Gasteiger partial charge >= 0.3 is 5.97 Å². The van der Waals surface area contributed by atoms with Crippen LogP contribution >= 0.6 is 11.3 Å². The molecule has 0 amide bonds. The fourth-order valence-electron chi connectivity index (χ4n) is 1.21. The summed E-state index contributed by atoms with van der Waals surface area (Å²) in [7, 11) is -1.24. The third kappa shape index (κ3) is 3.05. The Morgan fingerprint density at radius 3 is 2.83 bits per heavy atom. The number of sulfonamides is 1. The van der Waals surface area contributed by atoms with E-state index in [1.54, 1.807) is 0 Å². The molecule has 0 fully saturated rings. The second-order valence-electron chi connectivity index (χ2n) is 3.38. The predicted octanol–water partition coefficient (Wildman–Crippen LogP) is -0.0674. The van der Waals surface area contributed by atoms with Gasteiger partial charge in [-0.2, -0.15) is 0 Å². The van der Waals surface area contributed by atoms with Crippen molar-refractivity contribution in [3.63, 3.8) is 0 Å². The van der Waals surface area contributed by atoms with Crippen LogP contribution in [0.5, 0.6) is 0 Å². The Labute approximate surface area is 109 Å². The Balaban J connectivity index is 3.05. The number of ether oxygens (including phenoxy) is 1. The highest BCUT2D eigenvalue weighted by Crippen LogP contribution is 2.23. The molecule has 0 bridgehead atoms. The molecule has 1 rings (SSSR count). The smallest absolute Gasteiger partial charge is 0.358 e. The molecular formula is C9H14N2O5S2. The van der Waals surface area contributed by atoms with Gasteiger partial charge in [0.05, 0.1) is 12.6 Å². The van der Waals surface area contributed by atoms with Gasteiger partial charge in [-0.05, 0) is 6.42 Å². The number of aliphatic hydroxyl groups excluding tert-OH is 1. The van der Waals surface area contributed by atoms with E-state index in [9.17, 15) is 13.2 Å². The van der Waals surface area contributed by atoms with Crippen LogP contribution in [0.3, 0.4) is 0 Å². The summed E-state index contributed by atoms with van der Waals surface area (Å²) in [5.41, 5.74) is 1.07. The van der Waals surface area contributed by atoms with Crippen molar-refractivity contribution in [2.45, 2.75) is 10.6 Å². The number of nitrogens with zero attached hydrogens (tertiary/aromatic N) is 2. The van der Waals surface area contributed by atoms with Crippen LogP contribution in [0.25, 0.3) is 0 Å². The standard InChI is InChI=1S/C9H14N2O5S2/c1-11(4-3-5-12)18(14,15)9-7(8(13)16-2)10-6-17-9/h6,12H,3-5H2,1-2H3. The van der Waals surface area contributed by atoms with E-state index in [4.69, 9.17) is 5.11 Å². The van der Waals surface area contributed by atoms with Crippen LogP contribution in [0.4, 0.5) is 0 Å². The lowest BCUT2D eigenvalue weighted by Gasteiger charge is -2.15. The minimum Gasteiger partial charge on any atom is -0.464 e. The zero-order chi connectivity index (χ0) is 13.8. The van der Waals surface area contributed by atoms with E-state index >= 15 is 0 Å². The molecule has 0 saturated heterocycles. The van der Waals surface area contributed by atoms with Crippen molar-refractivity contribution < 1.29 is 23.1 Å². The van der Waals surface area contributed by atoms with E-state index in [1.807, 2.05) is 0 Å². The maximum Gasteiger partial charge on any atom is 0.358 e. The normalized spacial score (nSPS) is 11.8. The van der Waals surface area contributed by atoms with Crippen LogP contribution in [0.15, 0.2) is 9.72 Å². The van der Waals surface area contributed by atoms with Crippen molar-refractivity contribution >= 4 is 27.3 Å². The zero-order valence-corrected chi connectivity index (χ0v) is 11.6. The SMILES string of the molecule is COC(=O)c1ncsc1S(=O)(=O)N(C)CCCO. The van der Waals surface area contributed by atoms with Crippen LogP contribution in [-0.4, -0.2) is 56.1 Å². The second-order valence-corrected chi connectivity index (χ2v) is 6.48. The molecule has 0 aliphatic carbocycles. The molecule has 0 aromatic carbocycles. The molecule has 0 spiro atoms. The summed E-state index contributed by atoms with van der Waals surface area (Å²) in [6, 6.07) is 0. The Morgan fingerprint density at radius 1 is 1.61 bits per heavy atom. The van der Waals surface area contributed by atoms with Crippen LogP contribution < -0.4 is 0 Å². The maximum atomic E-state index is 12.1. The minimum atomic E-state index is -3.78. The fraction of sp³-hybridized carbons (Fsp3) is 0.556. The van der Waals surface area contributed by atoms with Crippen molar-refractivity contribution in [3.8, 4) is 0 Å². The van der Waals surface area contributed by atoms with Crippen LogP contribution in [0, 0.1) is 0 Å². The molecule has 0 atom stereocenters. The van der Waals surface area contributed by atoms with E-state index in [1.165, 1.54) is 12.6 Å². The van der Waals surface area contributed by atoms with Crippen molar-refractivity contribution in [1.82, 2.24) is 9.29 Å². The third-order valence-corrected chi connectivity index (χ3v) is 5.39. The first-order valence-corrected chi connectivity index (χ1v) is 7.36. The predicted molar refractivity (Wildman–Crippen MR) is 65.0 cm³/mol. The first-order valence-electron chi connectivity index (χ1n) is 5.04. The van der Waals surface area contributed by atoms with Gasteiger partial charge in [0.1, 0.15) is 0 Å². The topological polar surface area (TPSA) is 96.8 Å². The number of aromatic nitrogens is 1. The van der Waals surface area contributed by atoms with Crippen molar-refractivity contribution in [2.24, 2.45) is 0 Å². The number of carbonyl (C=O) groups is 1. The molecule has 18 heavy (non-hydrogen) atoms. The maximum absolute atomic E-state index is 12.1. The molecule has 0 radical (unpaired) electrons. The van der Waals surface area contributed by atoms with Gasteiger partial charge in [-0.15, -0.1) is 11.3 Å². The quantitative estimate of drug-likeness (QED) is 0.738. The molecule has 1 aromatic rings. The van der Waals surface area contributed by atoms with Gasteiger partial charge < -0.3 is 9.84 Å². The molecule has 102 valence electrons. The average Bonchev–Trinajstić information content (AvgIpc) is 2.84. The van der Waals surface area contributed by atoms with E-state index in [2.05, 4.69) is 9.72 Å². The lowest BCUT2D eigenvalue weighted by Crippen LogP contribution is -2.29. The lowest BCUT2D eigenvalue weighted by molar-refractivity contribution is 0.0590. The number of carbonyl (C=O) groups excluding carboxylic acids is 1. The molecule has 0 aliphatic heterocycles. The summed E-state index contributed by atoms with van der Waals surface area (Å²) in [4.78, 5) is 15.1. The largest absolute Gasteiger partial charge is 0.464 e. The minimum absolute atomic E-state index is 0.105. The summed E-state index contributed by atoms with van der Waals surface area (Å²) in [6.07, 6.45) is 0.322. The fourth-order valence-corrected chi connectivity index (χ4v) is 3.74. The van der Waals surface area contributed by atoms with Crippen LogP contribution in [0.1, 0.15) is 16.9 Å². The molecule has 7 nitrogen and oxygen atoms in total. The summed E-state index contributed by atoms with van der Waals surface area (Å²) in [5.74, 6) is -0.787. The molecule has 0 saturated carbocycles. The Hall–Kier alpha value is -1.03. The molecule has 9 heteroatoms. The molecule has 0 unspecified atom stereocenters. The second kappa shape index (κ2) is 6.23. The monoisotopic (exact) mass is 294 g/mol. The Morgan fingerprint density at radius 2 is 2.28 bits per heavy atom. The van der Waals surface area contributed by atoms with Crippen molar-refractivity contribution in [1.29, 1.82) is 0 Å². The summed E-state index contributed by atoms with van der Waals surface area (Å²) >= 11 is 0.858. The first kappa shape index (κ1) is 15.0. The van der Waals surface area contributed by atoms with Gasteiger partial charge in [-0.1, -0.05) is 0 Å². The molecular weight excluding hydrogens is 280 g/mol. The van der Waals surface area contributed by atoms with E-state index < -0.39 is 16.0 Å². The van der Waals surface area contributed by atoms with Gasteiger partial charge in [0.15, 0.2) is 9.90 Å². The number of methoxy groups -OCH3 is 1. The van der Waals surface area contributed by atoms with Crippen LogP contribution in [-0.2, 0) is 14.8 Å². The van der Waals surface area contributed by atoms with Gasteiger partial charge in [-0.3, -0.25) is 0 Å². The van der Waals surface area contributed by atoms with Gasteiger partial charge in [-0.25, -0.2) is 22.5 Å². The Kier molecular flexibility index (Phi) is 5.20. The number of hydrogen-bond donors (Lipinski definition) is 1. The third-order valence-electron chi connectivity index (χ3n) is 2.19. The molecule has 1 N–H and O–H groups in total. The number of rotatable bonds is 6. The summed E-state index contributed by atoms with van der Waals surface area (Å²) < 4.78 is 29.7. The van der Waals surface area contributed by atoms with E-state index in [0.29, 0.717) is 6.42 Å². The van der Waals surface area contributed by atoms with E-state index in [0.717, 1.165) is 22.8 Å². The summed E-state index contributed by atoms with van der Waals surface area (Å²) in [6.45, 7) is 0.0593. The number of esters is 1. The number of aliphatic hydroxyl groups is 1. The van der Waals surface area contributed by atoms with Crippen molar-refractivity contribution in [2.75, 3.05) is 27.3 Å². The first-order chi connectivity index (χ1) is 8.45. The highest BCUT2D eigenvalue weighted by Gasteiger charge is 2.29. The lowest BCUT2D eigenvalue weighted by atomic mass is 10.5. The number of thiazole rings is 1. The Bertz CT molecular complexity index is 511. The van der Waals surface area contributed by atoms with Crippen molar-refractivity contribution in [3.05, 3.63) is 11.2 Å². The number of hydrogen-bond acceptors (Lipinski definition) is 7. The molecule has 0 aliphatic rings. The van der Waals surface area contributed by atoms with Gasteiger partial charge in [0.25, 0.3) is 10.0 Å². The highest BCUT2D eigenvalue weighted by atomic mass is 32.2.